The van der Waals surface area contributed by atoms with Gasteiger partial charge in [0.2, 0.25) is 5.91 Å². The topological polar surface area (TPSA) is 95.7 Å². The molecule has 0 saturated heterocycles. The number of esters is 2. The van der Waals surface area contributed by atoms with Crippen molar-refractivity contribution in [2.75, 3.05) is 0 Å². The molecule has 1 amide bonds. The zero-order valence-corrected chi connectivity index (χ0v) is 27.2. The summed E-state index contributed by atoms with van der Waals surface area (Å²) >= 11 is 0. The number of carbonyl (C=O) groups is 3. The lowest BCUT2D eigenvalue weighted by Gasteiger charge is -2.17. The zero-order chi connectivity index (χ0) is 30.2. The summed E-state index contributed by atoms with van der Waals surface area (Å²) in [6.07, 6.45) is 31.2. The van der Waals surface area contributed by atoms with E-state index in [1.54, 1.807) is 0 Å². The van der Waals surface area contributed by atoms with Crippen LogP contribution in [0.5, 0.6) is 0 Å². The number of carbonyl (C=O) groups excluding carboxylic acids is 3. The molecule has 6 heteroatoms. The summed E-state index contributed by atoms with van der Waals surface area (Å²) in [4.78, 5) is 35.9. The third-order valence-electron chi connectivity index (χ3n) is 7.86. The summed E-state index contributed by atoms with van der Waals surface area (Å²) in [5.41, 5.74) is 5.27. The lowest BCUT2D eigenvalue weighted by molar-refractivity contribution is -0.189. The van der Waals surface area contributed by atoms with Gasteiger partial charge in [0, 0.05) is 12.8 Å². The summed E-state index contributed by atoms with van der Waals surface area (Å²) < 4.78 is 10.6. The van der Waals surface area contributed by atoms with Crippen LogP contribution in [0.25, 0.3) is 0 Å². The van der Waals surface area contributed by atoms with Crippen molar-refractivity contribution in [2.24, 2.45) is 5.73 Å². The van der Waals surface area contributed by atoms with Crippen LogP contribution in [0.15, 0.2) is 0 Å². The third-order valence-corrected chi connectivity index (χ3v) is 7.86. The smallest absolute Gasteiger partial charge is 0.308 e. The fourth-order valence-corrected chi connectivity index (χ4v) is 5.26. The second kappa shape index (κ2) is 31.3. The molecule has 0 bridgehead atoms. The molecular formula is C35H67NO5. The molecule has 0 spiro atoms. The predicted molar refractivity (Wildman–Crippen MR) is 170 cm³/mol. The Balaban J connectivity index is 3.77. The van der Waals surface area contributed by atoms with Crippen molar-refractivity contribution in [1.82, 2.24) is 0 Å². The third kappa shape index (κ3) is 31.2. The number of hydrogen-bond acceptors (Lipinski definition) is 5. The molecule has 0 aromatic carbocycles. The molecule has 0 atom stereocenters. The molecule has 0 aliphatic rings. The minimum atomic E-state index is -1.21. The van der Waals surface area contributed by atoms with Gasteiger partial charge >= 0.3 is 11.9 Å². The number of hydrogen-bond donors (Lipinski definition) is 1. The first-order valence-corrected chi connectivity index (χ1v) is 17.7. The van der Waals surface area contributed by atoms with Gasteiger partial charge in [-0.15, -0.1) is 0 Å². The van der Waals surface area contributed by atoms with E-state index in [4.69, 9.17) is 15.2 Å². The second-order valence-electron chi connectivity index (χ2n) is 12.1. The summed E-state index contributed by atoms with van der Waals surface area (Å²) in [7, 11) is 0. The molecule has 0 unspecified atom stereocenters. The van der Waals surface area contributed by atoms with E-state index in [0.717, 1.165) is 38.5 Å². The molecule has 0 aliphatic heterocycles. The molecule has 0 rings (SSSR count). The van der Waals surface area contributed by atoms with Crippen LogP contribution < -0.4 is 5.73 Å². The van der Waals surface area contributed by atoms with Crippen LogP contribution in [0.2, 0.25) is 0 Å². The number of amides is 1. The van der Waals surface area contributed by atoms with Crippen molar-refractivity contribution in [3.8, 4) is 0 Å². The highest BCUT2D eigenvalue weighted by molar-refractivity contribution is 5.76. The summed E-state index contributed by atoms with van der Waals surface area (Å²) in [6, 6.07) is 0. The zero-order valence-electron chi connectivity index (χ0n) is 27.2. The van der Waals surface area contributed by atoms with Gasteiger partial charge in [0.05, 0.1) is 0 Å². The van der Waals surface area contributed by atoms with E-state index in [9.17, 15) is 14.4 Å². The van der Waals surface area contributed by atoms with Crippen molar-refractivity contribution >= 4 is 17.8 Å². The quantitative estimate of drug-likeness (QED) is 0.0484. The van der Waals surface area contributed by atoms with Crippen LogP contribution in [0, 0.1) is 0 Å². The van der Waals surface area contributed by atoms with E-state index in [1.807, 2.05) is 0 Å². The standard InChI is InChI=1S/C35H67NO5/c1-3-5-7-9-11-13-15-17-19-21-23-25-27-29-33(38)40-35(31-32(36)37)41-34(39)30-28-26-24-22-20-18-16-14-12-10-8-6-4-2/h35H,3-31H2,1-2H3,(H2,36,37). The first kappa shape index (κ1) is 39.4. The molecule has 0 radical (unpaired) electrons. The van der Waals surface area contributed by atoms with E-state index in [-0.39, 0.29) is 19.3 Å². The largest absolute Gasteiger partial charge is 0.425 e. The van der Waals surface area contributed by atoms with Gasteiger partial charge in [0.15, 0.2) is 0 Å². The van der Waals surface area contributed by atoms with Crippen molar-refractivity contribution in [1.29, 1.82) is 0 Å². The lowest BCUT2D eigenvalue weighted by atomic mass is 10.0. The number of primary amides is 1. The first-order chi connectivity index (χ1) is 20.0. The molecule has 0 aromatic rings. The van der Waals surface area contributed by atoms with E-state index in [1.165, 1.54) is 128 Å². The second-order valence-corrected chi connectivity index (χ2v) is 12.1. The lowest BCUT2D eigenvalue weighted by Crippen LogP contribution is -2.29. The van der Waals surface area contributed by atoms with Gasteiger partial charge in [-0.1, -0.05) is 168 Å². The van der Waals surface area contributed by atoms with Crippen molar-refractivity contribution in [3.63, 3.8) is 0 Å². The average Bonchev–Trinajstić information content (AvgIpc) is 2.93. The van der Waals surface area contributed by atoms with Crippen LogP contribution in [0.1, 0.15) is 200 Å². The molecule has 0 aliphatic carbocycles. The average molecular weight is 582 g/mol. The van der Waals surface area contributed by atoms with E-state index < -0.39 is 24.1 Å². The fourth-order valence-electron chi connectivity index (χ4n) is 5.26. The Morgan fingerprint density at radius 3 is 0.927 bits per heavy atom. The maximum absolute atomic E-state index is 12.2. The van der Waals surface area contributed by atoms with Crippen LogP contribution in [-0.2, 0) is 23.9 Å². The Labute approximate surface area is 253 Å². The number of nitrogens with two attached hydrogens (primary N) is 1. The predicted octanol–water partition coefficient (Wildman–Crippen LogP) is 10.2. The van der Waals surface area contributed by atoms with E-state index in [0.29, 0.717) is 0 Å². The van der Waals surface area contributed by atoms with Crippen LogP contribution in [0.4, 0.5) is 0 Å². The SMILES string of the molecule is CCCCCCCCCCCCCCCC(=O)OC(CC(N)=O)OC(=O)CCCCCCCCCCCCCCC. The number of rotatable bonds is 32. The summed E-state index contributed by atoms with van der Waals surface area (Å²) in [5.74, 6) is -1.53. The number of unbranched alkanes of at least 4 members (excludes halogenated alkanes) is 24. The van der Waals surface area contributed by atoms with Crippen LogP contribution in [0.3, 0.4) is 0 Å². The molecule has 2 N–H and O–H groups in total. The Kier molecular flexibility index (Phi) is 30.1. The first-order valence-electron chi connectivity index (χ1n) is 17.7. The Bertz CT molecular complexity index is 565. The minimum absolute atomic E-state index is 0.267. The van der Waals surface area contributed by atoms with Gasteiger partial charge in [-0.3, -0.25) is 14.4 Å². The molecule has 0 aromatic heterocycles. The fraction of sp³-hybridized carbons (Fsp3) is 0.914. The highest BCUT2D eigenvalue weighted by atomic mass is 16.7. The van der Waals surface area contributed by atoms with Gasteiger partial charge in [0.1, 0.15) is 6.42 Å². The maximum Gasteiger partial charge on any atom is 0.308 e. The van der Waals surface area contributed by atoms with Gasteiger partial charge < -0.3 is 15.2 Å². The highest BCUT2D eigenvalue weighted by Crippen LogP contribution is 2.15. The minimum Gasteiger partial charge on any atom is -0.425 e. The number of ether oxygens (including phenoxy) is 2. The van der Waals surface area contributed by atoms with Crippen molar-refractivity contribution < 1.29 is 23.9 Å². The maximum atomic E-state index is 12.2. The molecule has 41 heavy (non-hydrogen) atoms. The van der Waals surface area contributed by atoms with Crippen molar-refractivity contribution in [2.45, 2.75) is 206 Å². The molecule has 0 heterocycles. The Morgan fingerprint density at radius 2 is 0.683 bits per heavy atom. The highest BCUT2D eigenvalue weighted by Gasteiger charge is 2.21. The normalized spacial score (nSPS) is 11.2. The molecule has 0 fully saturated rings. The molecule has 242 valence electrons. The summed E-state index contributed by atoms with van der Waals surface area (Å²) in [6.45, 7) is 4.51. The van der Waals surface area contributed by atoms with Crippen LogP contribution in [-0.4, -0.2) is 24.1 Å². The van der Waals surface area contributed by atoms with Gasteiger partial charge in [0.25, 0.3) is 6.29 Å². The monoisotopic (exact) mass is 582 g/mol. The Hall–Kier alpha value is -1.59. The van der Waals surface area contributed by atoms with Crippen molar-refractivity contribution in [3.05, 3.63) is 0 Å². The van der Waals surface area contributed by atoms with Gasteiger partial charge in [-0.05, 0) is 12.8 Å². The molecule has 0 saturated carbocycles. The Morgan fingerprint density at radius 1 is 0.439 bits per heavy atom. The van der Waals surface area contributed by atoms with E-state index in [2.05, 4.69) is 13.8 Å². The molecular weight excluding hydrogens is 514 g/mol. The molecule has 6 nitrogen and oxygen atoms in total. The van der Waals surface area contributed by atoms with Gasteiger partial charge in [-0.2, -0.15) is 0 Å². The summed E-state index contributed by atoms with van der Waals surface area (Å²) in [5, 5.41) is 0. The van der Waals surface area contributed by atoms with E-state index >= 15 is 0 Å². The van der Waals surface area contributed by atoms with Gasteiger partial charge in [-0.25, -0.2) is 0 Å². The van der Waals surface area contributed by atoms with Crippen LogP contribution >= 0.6 is 0 Å².